The molecule has 2 N–H and O–H groups in total. The first kappa shape index (κ1) is 12.4. The summed E-state index contributed by atoms with van der Waals surface area (Å²) in [5.41, 5.74) is 5.82. The molecule has 1 fully saturated rings. The molecule has 2 rings (SSSR count). The predicted octanol–water partition coefficient (Wildman–Crippen LogP) is 2.71. The number of nitrogens with two attached hydrogens (primary N) is 1. The largest absolute Gasteiger partial charge is 0.485 e. The number of hydrogen-bond acceptors (Lipinski definition) is 3. The van der Waals surface area contributed by atoms with Crippen molar-refractivity contribution in [3.8, 4) is 5.75 Å². The molecule has 0 spiro atoms. The number of ether oxygens (including phenoxy) is 2. The van der Waals surface area contributed by atoms with Crippen LogP contribution in [-0.2, 0) is 4.74 Å². The first-order valence-electron chi connectivity index (χ1n) is 5.02. The van der Waals surface area contributed by atoms with Gasteiger partial charge in [-0.25, -0.2) is 0 Å². The van der Waals surface area contributed by atoms with Gasteiger partial charge in [-0.05, 0) is 44.0 Å². The van der Waals surface area contributed by atoms with E-state index in [4.69, 9.17) is 15.2 Å². The van der Waals surface area contributed by atoms with E-state index in [1.165, 1.54) is 0 Å². The Hall–Kier alpha value is -0.100. The lowest BCUT2D eigenvalue weighted by Gasteiger charge is -2.41. The zero-order chi connectivity index (χ0) is 11.7. The van der Waals surface area contributed by atoms with Crippen molar-refractivity contribution in [2.45, 2.75) is 24.7 Å². The number of para-hydroxylation sites is 1. The third kappa shape index (κ3) is 2.27. The molecule has 1 aliphatic carbocycles. The molecular weight excluding hydrogens is 338 g/mol. The first-order valence-corrected chi connectivity index (χ1v) is 6.61. The second-order valence-corrected chi connectivity index (χ2v) is 5.52. The smallest absolute Gasteiger partial charge is 0.148 e. The van der Waals surface area contributed by atoms with E-state index in [0.717, 1.165) is 21.1 Å². The Kier molecular flexibility index (Phi) is 3.89. The van der Waals surface area contributed by atoms with Crippen LogP contribution in [0.4, 0.5) is 0 Å². The van der Waals surface area contributed by atoms with Crippen LogP contribution in [0.5, 0.6) is 5.75 Å². The van der Waals surface area contributed by atoms with E-state index in [9.17, 15) is 0 Å². The molecule has 0 bridgehead atoms. The third-order valence-corrected chi connectivity index (χ3v) is 4.00. The minimum atomic E-state index is -0.0148. The molecule has 3 atom stereocenters. The fourth-order valence-electron chi connectivity index (χ4n) is 1.80. The Bertz CT molecular complexity index is 366. The van der Waals surface area contributed by atoms with E-state index in [-0.39, 0.29) is 18.2 Å². The molecule has 3 unspecified atom stereocenters. The monoisotopic (exact) mass is 349 g/mol. The van der Waals surface area contributed by atoms with Crippen LogP contribution in [-0.4, -0.2) is 25.4 Å². The predicted molar refractivity (Wildman–Crippen MR) is 69.6 cm³/mol. The first-order chi connectivity index (χ1) is 7.63. The third-order valence-electron chi connectivity index (χ3n) is 2.75. The molecule has 0 amide bonds. The Morgan fingerprint density at radius 2 is 1.94 bits per heavy atom. The van der Waals surface area contributed by atoms with Crippen LogP contribution < -0.4 is 10.5 Å². The fraction of sp³-hybridized carbons (Fsp3) is 0.455. The van der Waals surface area contributed by atoms with E-state index in [2.05, 4.69) is 31.9 Å². The molecule has 1 aromatic rings. The topological polar surface area (TPSA) is 44.5 Å². The minimum absolute atomic E-state index is 0.0148. The van der Waals surface area contributed by atoms with Gasteiger partial charge >= 0.3 is 0 Å². The summed E-state index contributed by atoms with van der Waals surface area (Å²) in [6, 6.07) is 5.92. The standard InChI is InChI=1S/C11H13Br2NO2/c1-15-11-8(14)5-9(11)16-10-6(12)3-2-4-7(10)13/h2-4,8-9,11H,5,14H2,1H3. The maximum Gasteiger partial charge on any atom is 0.148 e. The van der Waals surface area contributed by atoms with Crippen molar-refractivity contribution in [1.82, 2.24) is 0 Å². The molecule has 0 aromatic heterocycles. The van der Waals surface area contributed by atoms with Crippen LogP contribution in [0.1, 0.15) is 6.42 Å². The number of rotatable bonds is 3. The minimum Gasteiger partial charge on any atom is -0.485 e. The number of methoxy groups -OCH3 is 1. The van der Waals surface area contributed by atoms with Crippen LogP contribution in [0.2, 0.25) is 0 Å². The summed E-state index contributed by atoms with van der Waals surface area (Å²) in [5, 5.41) is 0. The zero-order valence-electron chi connectivity index (χ0n) is 8.82. The van der Waals surface area contributed by atoms with Crippen molar-refractivity contribution < 1.29 is 9.47 Å². The quantitative estimate of drug-likeness (QED) is 0.911. The second kappa shape index (κ2) is 5.04. The van der Waals surface area contributed by atoms with Gasteiger partial charge in [-0.2, -0.15) is 0 Å². The number of hydrogen-bond donors (Lipinski definition) is 1. The maximum absolute atomic E-state index is 5.89. The summed E-state index contributed by atoms with van der Waals surface area (Å²) < 4.78 is 13.0. The number of halogens is 2. The molecule has 16 heavy (non-hydrogen) atoms. The van der Waals surface area contributed by atoms with Gasteiger partial charge in [0, 0.05) is 19.6 Å². The Morgan fingerprint density at radius 3 is 2.44 bits per heavy atom. The van der Waals surface area contributed by atoms with E-state index in [1.807, 2.05) is 18.2 Å². The van der Waals surface area contributed by atoms with Gasteiger partial charge in [-0.15, -0.1) is 0 Å². The second-order valence-electron chi connectivity index (χ2n) is 3.81. The molecule has 5 heteroatoms. The Labute approximate surface area is 112 Å². The average molecular weight is 351 g/mol. The zero-order valence-corrected chi connectivity index (χ0v) is 12.0. The highest BCUT2D eigenvalue weighted by molar-refractivity contribution is 9.11. The highest BCUT2D eigenvalue weighted by Crippen LogP contribution is 2.37. The Balaban J connectivity index is 2.10. The van der Waals surface area contributed by atoms with Gasteiger partial charge in [0.2, 0.25) is 0 Å². The molecule has 0 saturated heterocycles. The van der Waals surface area contributed by atoms with Crippen LogP contribution in [0.15, 0.2) is 27.1 Å². The molecule has 1 aromatic carbocycles. The van der Waals surface area contributed by atoms with Gasteiger partial charge in [0.25, 0.3) is 0 Å². The SMILES string of the molecule is COC1C(N)CC1Oc1c(Br)cccc1Br. The normalized spacial score (nSPS) is 28.6. The van der Waals surface area contributed by atoms with Crippen molar-refractivity contribution in [3.05, 3.63) is 27.1 Å². The van der Waals surface area contributed by atoms with Gasteiger partial charge < -0.3 is 15.2 Å². The van der Waals surface area contributed by atoms with Crippen LogP contribution in [0.25, 0.3) is 0 Å². The van der Waals surface area contributed by atoms with Crippen molar-refractivity contribution in [2.75, 3.05) is 7.11 Å². The van der Waals surface area contributed by atoms with E-state index < -0.39 is 0 Å². The van der Waals surface area contributed by atoms with Crippen molar-refractivity contribution in [2.24, 2.45) is 5.73 Å². The molecular formula is C11H13Br2NO2. The van der Waals surface area contributed by atoms with E-state index in [1.54, 1.807) is 7.11 Å². The van der Waals surface area contributed by atoms with Crippen LogP contribution in [0, 0.1) is 0 Å². The molecule has 1 aliphatic rings. The lowest BCUT2D eigenvalue weighted by atomic mass is 9.86. The fourth-order valence-corrected chi connectivity index (χ4v) is 2.99. The summed E-state index contributed by atoms with van der Waals surface area (Å²) in [6.07, 6.45) is 0.848. The summed E-state index contributed by atoms with van der Waals surface area (Å²) in [5.74, 6) is 0.807. The summed E-state index contributed by atoms with van der Waals surface area (Å²) in [7, 11) is 1.66. The van der Waals surface area contributed by atoms with Gasteiger partial charge in [0.05, 0.1) is 8.95 Å². The summed E-state index contributed by atoms with van der Waals surface area (Å²) in [4.78, 5) is 0. The molecule has 3 nitrogen and oxygen atoms in total. The molecule has 0 heterocycles. The van der Waals surface area contributed by atoms with Gasteiger partial charge in [0.1, 0.15) is 18.0 Å². The highest BCUT2D eigenvalue weighted by atomic mass is 79.9. The molecule has 1 saturated carbocycles. The van der Waals surface area contributed by atoms with Crippen molar-refractivity contribution in [3.63, 3.8) is 0 Å². The van der Waals surface area contributed by atoms with E-state index in [0.29, 0.717) is 0 Å². The summed E-state index contributed by atoms with van der Waals surface area (Å²) >= 11 is 6.92. The maximum atomic E-state index is 5.89. The van der Waals surface area contributed by atoms with Gasteiger partial charge in [-0.1, -0.05) is 6.07 Å². The van der Waals surface area contributed by atoms with Gasteiger partial charge in [0.15, 0.2) is 0 Å². The Morgan fingerprint density at radius 1 is 1.31 bits per heavy atom. The molecule has 0 aliphatic heterocycles. The van der Waals surface area contributed by atoms with Crippen LogP contribution in [0.3, 0.4) is 0 Å². The highest BCUT2D eigenvalue weighted by Gasteiger charge is 2.41. The van der Waals surface area contributed by atoms with Crippen molar-refractivity contribution in [1.29, 1.82) is 0 Å². The molecule has 0 radical (unpaired) electrons. The lowest BCUT2D eigenvalue weighted by Crippen LogP contribution is -2.59. The molecule has 88 valence electrons. The average Bonchev–Trinajstić information content (AvgIpc) is 2.22. The van der Waals surface area contributed by atoms with Crippen LogP contribution >= 0.6 is 31.9 Å². The summed E-state index contributed by atoms with van der Waals surface area (Å²) in [6.45, 7) is 0. The van der Waals surface area contributed by atoms with Gasteiger partial charge in [-0.3, -0.25) is 0 Å². The lowest BCUT2D eigenvalue weighted by molar-refractivity contribution is -0.0787. The van der Waals surface area contributed by atoms with E-state index >= 15 is 0 Å². The van der Waals surface area contributed by atoms with Crippen molar-refractivity contribution >= 4 is 31.9 Å². The number of benzene rings is 1.